The second kappa shape index (κ2) is 8.70. The second-order valence-electron chi connectivity index (χ2n) is 5.94. The predicted octanol–water partition coefficient (Wildman–Crippen LogP) is 3.64. The Kier molecular flexibility index (Phi) is 6.34. The van der Waals surface area contributed by atoms with Crippen molar-refractivity contribution in [2.75, 3.05) is 26.9 Å². The molecule has 2 aliphatic heterocycles. The van der Waals surface area contributed by atoms with Crippen LogP contribution < -0.4 is 9.47 Å². The normalized spacial score (nSPS) is 21.5. The lowest BCUT2D eigenvalue weighted by Crippen LogP contribution is -2.35. The molecule has 7 heteroatoms. The average Bonchev–Trinajstić information content (AvgIpc) is 3.25. The molecule has 5 nitrogen and oxygen atoms in total. The van der Waals surface area contributed by atoms with Gasteiger partial charge in [0, 0.05) is 6.61 Å². The van der Waals surface area contributed by atoms with Gasteiger partial charge in [0.05, 0.1) is 24.7 Å². The lowest BCUT2D eigenvalue weighted by molar-refractivity contribution is -0.123. The molecule has 0 aliphatic carbocycles. The molecule has 0 N–H and O–H groups in total. The van der Waals surface area contributed by atoms with Gasteiger partial charge in [0.1, 0.15) is 10.9 Å². The molecule has 1 aromatic rings. The van der Waals surface area contributed by atoms with Crippen molar-refractivity contribution in [2.24, 2.45) is 0 Å². The SMILES string of the molecule is C=CCOc1ccc(/C=C2\SC(=S)N(C[C@H]3CCCO3)C2=O)cc1OC. The van der Waals surface area contributed by atoms with E-state index in [2.05, 4.69) is 6.58 Å². The van der Waals surface area contributed by atoms with Gasteiger partial charge < -0.3 is 14.2 Å². The van der Waals surface area contributed by atoms with Crippen molar-refractivity contribution in [3.63, 3.8) is 0 Å². The van der Waals surface area contributed by atoms with Crippen LogP contribution in [0.15, 0.2) is 35.8 Å². The quantitative estimate of drug-likeness (QED) is 0.402. The molecule has 0 bridgehead atoms. The van der Waals surface area contributed by atoms with Crippen molar-refractivity contribution >= 4 is 40.3 Å². The maximum absolute atomic E-state index is 12.7. The molecular weight excluding hydrogens is 370 g/mol. The van der Waals surface area contributed by atoms with Crippen LogP contribution in [0.2, 0.25) is 0 Å². The summed E-state index contributed by atoms with van der Waals surface area (Å²) in [5.41, 5.74) is 0.852. The highest BCUT2D eigenvalue weighted by molar-refractivity contribution is 8.26. The van der Waals surface area contributed by atoms with E-state index in [1.165, 1.54) is 11.8 Å². The van der Waals surface area contributed by atoms with Gasteiger partial charge in [-0.25, -0.2) is 0 Å². The summed E-state index contributed by atoms with van der Waals surface area (Å²) in [6, 6.07) is 5.54. The third kappa shape index (κ3) is 4.28. The fourth-order valence-electron chi connectivity index (χ4n) is 2.84. The molecule has 2 saturated heterocycles. The van der Waals surface area contributed by atoms with Crippen LogP contribution in [0, 0.1) is 0 Å². The Morgan fingerprint density at radius 3 is 3.00 bits per heavy atom. The first-order chi connectivity index (χ1) is 12.6. The summed E-state index contributed by atoms with van der Waals surface area (Å²) in [7, 11) is 1.58. The minimum absolute atomic E-state index is 0.0681. The fraction of sp³-hybridized carbons (Fsp3) is 0.368. The van der Waals surface area contributed by atoms with Crippen LogP contribution in [-0.2, 0) is 9.53 Å². The number of benzene rings is 1. The predicted molar refractivity (Wildman–Crippen MR) is 108 cm³/mol. The molecule has 2 heterocycles. The highest BCUT2D eigenvalue weighted by Crippen LogP contribution is 2.35. The number of hydrogen-bond acceptors (Lipinski definition) is 6. The highest BCUT2D eigenvalue weighted by Gasteiger charge is 2.34. The number of thiocarbonyl (C=S) groups is 1. The van der Waals surface area contributed by atoms with Crippen LogP contribution in [0.5, 0.6) is 11.5 Å². The van der Waals surface area contributed by atoms with E-state index >= 15 is 0 Å². The number of hydrogen-bond donors (Lipinski definition) is 0. The number of carbonyl (C=O) groups excluding carboxylic acids is 1. The molecule has 26 heavy (non-hydrogen) atoms. The van der Waals surface area contributed by atoms with E-state index in [9.17, 15) is 4.79 Å². The molecule has 0 radical (unpaired) electrons. The molecule has 1 amide bonds. The van der Waals surface area contributed by atoms with Gasteiger partial charge in [-0.15, -0.1) is 0 Å². The van der Waals surface area contributed by atoms with Crippen LogP contribution in [-0.4, -0.2) is 48.1 Å². The Bertz CT molecular complexity index is 741. The zero-order valence-corrected chi connectivity index (χ0v) is 16.2. The van der Waals surface area contributed by atoms with Crippen LogP contribution in [0.4, 0.5) is 0 Å². The molecule has 0 saturated carbocycles. The van der Waals surface area contributed by atoms with E-state index < -0.39 is 0 Å². The first-order valence-corrected chi connectivity index (χ1v) is 9.63. The van der Waals surface area contributed by atoms with Gasteiger partial charge in [0.25, 0.3) is 5.91 Å². The van der Waals surface area contributed by atoms with Crippen molar-refractivity contribution in [1.82, 2.24) is 4.90 Å². The Labute approximate surface area is 163 Å². The molecule has 2 aliphatic rings. The molecule has 3 rings (SSSR count). The van der Waals surface area contributed by atoms with Gasteiger partial charge >= 0.3 is 0 Å². The van der Waals surface area contributed by atoms with Crippen LogP contribution in [0.25, 0.3) is 6.08 Å². The lowest BCUT2D eigenvalue weighted by atomic mass is 10.1. The summed E-state index contributed by atoms with van der Waals surface area (Å²) in [6.45, 7) is 5.32. The van der Waals surface area contributed by atoms with E-state index in [4.69, 9.17) is 26.4 Å². The number of amides is 1. The maximum atomic E-state index is 12.7. The van der Waals surface area contributed by atoms with Crippen molar-refractivity contribution in [2.45, 2.75) is 18.9 Å². The van der Waals surface area contributed by atoms with Crippen LogP contribution >= 0.6 is 24.0 Å². The van der Waals surface area contributed by atoms with Gasteiger partial charge in [-0.05, 0) is 36.6 Å². The lowest BCUT2D eigenvalue weighted by Gasteiger charge is -2.18. The Balaban J connectivity index is 1.75. The third-order valence-corrected chi connectivity index (χ3v) is 5.50. The second-order valence-corrected chi connectivity index (χ2v) is 7.61. The van der Waals surface area contributed by atoms with Crippen molar-refractivity contribution in [3.05, 3.63) is 41.3 Å². The van der Waals surface area contributed by atoms with Crippen LogP contribution in [0.3, 0.4) is 0 Å². The van der Waals surface area contributed by atoms with Crippen molar-refractivity contribution < 1.29 is 19.0 Å². The largest absolute Gasteiger partial charge is 0.493 e. The van der Waals surface area contributed by atoms with E-state index in [1.807, 2.05) is 24.3 Å². The third-order valence-electron chi connectivity index (χ3n) is 4.13. The van der Waals surface area contributed by atoms with Crippen molar-refractivity contribution in [3.8, 4) is 11.5 Å². The molecule has 0 aromatic heterocycles. The summed E-state index contributed by atoms with van der Waals surface area (Å²) in [6.07, 6.45) is 5.59. The minimum Gasteiger partial charge on any atom is -0.493 e. The van der Waals surface area contributed by atoms with E-state index in [0.29, 0.717) is 33.9 Å². The zero-order chi connectivity index (χ0) is 18.5. The Morgan fingerprint density at radius 2 is 2.31 bits per heavy atom. The van der Waals surface area contributed by atoms with Gasteiger partial charge in [-0.1, -0.05) is 42.7 Å². The van der Waals surface area contributed by atoms with E-state index in [0.717, 1.165) is 25.0 Å². The number of thioether (sulfide) groups is 1. The van der Waals surface area contributed by atoms with Gasteiger partial charge in [-0.3, -0.25) is 9.69 Å². The van der Waals surface area contributed by atoms with Crippen molar-refractivity contribution in [1.29, 1.82) is 0 Å². The number of nitrogens with zero attached hydrogens (tertiary/aromatic N) is 1. The average molecular weight is 392 g/mol. The first-order valence-electron chi connectivity index (χ1n) is 8.41. The zero-order valence-electron chi connectivity index (χ0n) is 14.6. The molecular formula is C19H21NO4S2. The van der Waals surface area contributed by atoms with Gasteiger partial charge in [-0.2, -0.15) is 0 Å². The van der Waals surface area contributed by atoms with Gasteiger partial charge in [0.15, 0.2) is 11.5 Å². The summed E-state index contributed by atoms with van der Waals surface area (Å²) >= 11 is 6.70. The standard InChI is InChI=1S/C19H21NO4S2/c1-3-8-24-15-7-6-13(10-16(15)22-2)11-17-18(21)20(19(25)26-17)12-14-5-4-9-23-14/h3,6-7,10-11,14H,1,4-5,8-9,12H2,2H3/b17-11-/t14-/m1/s1. The fourth-order valence-corrected chi connectivity index (χ4v) is 4.12. The highest BCUT2D eigenvalue weighted by atomic mass is 32.2. The molecule has 0 spiro atoms. The smallest absolute Gasteiger partial charge is 0.266 e. The monoisotopic (exact) mass is 391 g/mol. The summed E-state index contributed by atoms with van der Waals surface area (Å²) in [5, 5.41) is 0. The summed E-state index contributed by atoms with van der Waals surface area (Å²) in [4.78, 5) is 14.9. The number of methoxy groups -OCH3 is 1. The number of rotatable bonds is 7. The van der Waals surface area contributed by atoms with E-state index in [-0.39, 0.29) is 12.0 Å². The summed E-state index contributed by atoms with van der Waals surface area (Å²) < 4.78 is 17.1. The topological polar surface area (TPSA) is 48.0 Å². The first kappa shape index (κ1) is 18.9. The molecule has 1 atom stereocenters. The molecule has 2 fully saturated rings. The molecule has 138 valence electrons. The Morgan fingerprint density at radius 1 is 1.46 bits per heavy atom. The van der Waals surface area contributed by atoms with Crippen LogP contribution in [0.1, 0.15) is 18.4 Å². The van der Waals surface area contributed by atoms with Gasteiger partial charge in [0.2, 0.25) is 0 Å². The Hall–Kier alpha value is -1.83. The van der Waals surface area contributed by atoms with E-state index in [1.54, 1.807) is 18.1 Å². The molecule has 1 aromatic carbocycles. The minimum atomic E-state index is -0.0681. The maximum Gasteiger partial charge on any atom is 0.266 e. The number of ether oxygens (including phenoxy) is 3. The number of carbonyl (C=O) groups is 1. The summed E-state index contributed by atoms with van der Waals surface area (Å²) in [5.74, 6) is 1.17. The molecule has 0 unspecified atom stereocenters.